The fourth-order valence-electron chi connectivity index (χ4n) is 2.26. The van der Waals surface area contributed by atoms with Crippen LogP contribution in [0.5, 0.6) is 0 Å². The zero-order valence-electron chi connectivity index (χ0n) is 11.2. The maximum absolute atomic E-state index is 13.6. The molecule has 0 radical (unpaired) electrons. The Morgan fingerprint density at radius 2 is 1.95 bits per heavy atom. The Bertz CT molecular complexity index is 757. The van der Waals surface area contributed by atoms with Crippen LogP contribution in [0.2, 0.25) is 0 Å². The Morgan fingerprint density at radius 1 is 1.10 bits per heavy atom. The number of benzene rings is 2. The maximum atomic E-state index is 13.6. The third-order valence-electron chi connectivity index (χ3n) is 3.31. The molecule has 1 N–H and O–H groups in total. The summed E-state index contributed by atoms with van der Waals surface area (Å²) in [5.41, 5.74) is 0.846. The molecule has 3 aromatic rings. The van der Waals surface area contributed by atoms with Crippen LogP contribution in [0.15, 0.2) is 65.8 Å². The SMILES string of the molecule is OC(CSc1ccccc1F)c1cccc2cnccc12. The summed E-state index contributed by atoms with van der Waals surface area (Å²) in [5.74, 6) is 0.152. The first-order valence-corrected chi connectivity index (χ1v) is 7.62. The second-order valence-electron chi connectivity index (χ2n) is 4.70. The fraction of sp³-hybridized carbons (Fsp3) is 0.118. The number of halogens is 1. The topological polar surface area (TPSA) is 33.1 Å². The molecule has 2 nitrogen and oxygen atoms in total. The second-order valence-corrected chi connectivity index (χ2v) is 5.76. The van der Waals surface area contributed by atoms with E-state index in [4.69, 9.17) is 0 Å². The molecule has 0 aliphatic heterocycles. The van der Waals surface area contributed by atoms with E-state index < -0.39 is 6.10 Å². The number of thioether (sulfide) groups is 1. The van der Waals surface area contributed by atoms with Crippen molar-refractivity contribution in [3.8, 4) is 0 Å². The molecule has 1 unspecified atom stereocenters. The van der Waals surface area contributed by atoms with E-state index in [1.54, 1.807) is 30.6 Å². The van der Waals surface area contributed by atoms with Crippen molar-refractivity contribution in [3.05, 3.63) is 72.3 Å². The molecule has 21 heavy (non-hydrogen) atoms. The molecule has 1 atom stereocenters. The molecule has 0 saturated carbocycles. The van der Waals surface area contributed by atoms with Gasteiger partial charge in [-0.1, -0.05) is 30.3 Å². The normalized spacial score (nSPS) is 12.5. The van der Waals surface area contributed by atoms with Gasteiger partial charge in [0.2, 0.25) is 0 Å². The van der Waals surface area contributed by atoms with Gasteiger partial charge in [-0.3, -0.25) is 4.98 Å². The number of aliphatic hydroxyl groups excluding tert-OH is 1. The number of aromatic nitrogens is 1. The summed E-state index contributed by atoms with van der Waals surface area (Å²) in [5, 5.41) is 12.4. The number of nitrogens with zero attached hydrogens (tertiary/aromatic N) is 1. The van der Waals surface area contributed by atoms with Gasteiger partial charge in [0, 0.05) is 28.4 Å². The summed E-state index contributed by atoms with van der Waals surface area (Å²) >= 11 is 1.32. The summed E-state index contributed by atoms with van der Waals surface area (Å²) in [6.07, 6.45) is 2.83. The zero-order valence-corrected chi connectivity index (χ0v) is 12.1. The quantitative estimate of drug-likeness (QED) is 0.733. The minimum Gasteiger partial charge on any atom is -0.388 e. The first-order chi connectivity index (χ1) is 10.3. The number of hydrogen-bond acceptors (Lipinski definition) is 3. The fourth-order valence-corrected chi connectivity index (χ4v) is 3.16. The number of hydrogen-bond donors (Lipinski definition) is 1. The van der Waals surface area contributed by atoms with Crippen LogP contribution in [-0.2, 0) is 0 Å². The molecular weight excluding hydrogens is 285 g/mol. The lowest BCUT2D eigenvalue weighted by Crippen LogP contribution is -2.02. The van der Waals surface area contributed by atoms with Crippen LogP contribution < -0.4 is 0 Å². The van der Waals surface area contributed by atoms with Crippen LogP contribution in [-0.4, -0.2) is 15.8 Å². The van der Waals surface area contributed by atoms with Gasteiger partial charge in [0.25, 0.3) is 0 Å². The highest BCUT2D eigenvalue weighted by molar-refractivity contribution is 7.99. The van der Waals surface area contributed by atoms with Crippen LogP contribution in [0, 0.1) is 5.82 Å². The average molecular weight is 299 g/mol. The van der Waals surface area contributed by atoms with Crippen molar-refractivity contribution in [1.29, 1.82) is 0 Å². The lowest BCUT2D eigenvalue weighted by molar-refractivity contribution is 0.205. The standard InChI is InChI=1S/C17H14FNOS/c18-15-6-1-2-7-17(15)21-11-16(20)14-5-3-4-12-10-19-9-8-13(12)14/h1-10,16,20H,11H2. The van der Waals surface area contributed by atoms with E-state index in [0.29, 0.717) is 10.6 Å². The minimum atomic E-state index is -0.652. The van der Waals surface area contributed by atoms with Gasteiger partial charge in [-0.15, -0.1) is 11.8 Å². The molecule has 0 bridgehead atoms. The number of fused-ring (bicyclic) bond motifs is 1. The van der Waals surface area contributed by atoms with E-state index in [1.807, 2.05) is 24.3 Å². The second kappa shape index (κ2) is 6.24. The van der Waals surface area contributed by atoms with Crippen molar-refractivity contribution in [2.45, 2.75) is 11.0 Å². The Labute approximate surface area is 126 Å². The Morgan fingerprint density at radius 3 is 2.81 bits per heavy atom. The van der Waals surface area contributed by atoms with E-state index in [0.717, 1.165) is 16.3 Å². The van der Waals surface area contributed by atoms with Crippen LogP contribution in [0.25, 0.3) is 10.8 Å². The molecule has 0 aliphatic carbocycles. The molecular formula is C17H14FNOS. The van der Waals surface area contributed by atoms with Gasteiger partial charge in [-0.05, 0) is 29.1 Å². The van der Waals surface area contributed by atoms with Gasteiger partial charge in [0.05, 0.1) is 6.10 Å². The highest BCUT2D eigenvalue weighted by Gasteiger charge is 2.12. The smallest absolute Gasteiger partial charge is 0.136 e. The molecule has 0 amide bonds. The van der Waals surface area contributed by atoms with Crippen LogP contribution in [0.3, 0.4) is 0 Å². The minimum absolute atomic E-state index is 0.253. The number of aliphatic hydroxyl groups is 1. The Hall–Kier alpha value is -1.91. The van der Waals surface area contributed by atoms with Gasteiger partial charge in [-0.25, -0.2) is 4.39 Å². The van der Waals surface area contributed by atoms with Crippen LogP contribution in [0.1, 0.15) is 11.7 Å². The van der Waals surface area contributed by atoms with Gasteiger partial charge in [-0.2, -0.15) is 0 Å². The van der Waals surface area contributed by atoms with E-state index in [2.05, 4.69) is 4.98 Å². The lowest BCUT2D eigenvalue weighted by atomic mass is 10.0. The van der Waals surface area contributed by atoms with Crippen molar-refractivity contribution in [2.75, 3.05) is 5.75 Å². The summed E-state index contributed by atoms with van der Waals surface area (Å²) in [7, 11) is 0. The molecule has 3 rings (SSSR count). The van der Waals surface area contributed by atoms with Crippen molar-refractivity contribution in [1.82, 2.24) is 4.98 Å². The Balaban J connectivity index is 1.81. The first-order valence-electron chi connectivity index (χ1n) is 6.64. The van der Waals surface area contributed by atoms with Gasteiger partial charge >= 0.3 is 0 Å². The first kappa shape index (κ1) is 14.0. The van der Waals surface area contributed by atoms with E-state index in [-0.39, 0.29) is 5.82 Å². The van der Waals surface area contributed by atoms with Gasteiger partial charge in [0.1, 0.15) is 5.82 Å². The lowest BCUT2D eigenvalue weighted by Gasteiger charge is -2.13. The highest BCUT2D eigenvalue weighted by Crippen LogP contribution is 2.29. The molecule has 4 heteroatoms. The molecule has 0 spiro atoms. The summed E-state index contributed by atoms with van der Waals surface area (Å²) in [6.45, 7) is 0. The van der Waals surface area contributed by atoms with Crippen molar-refractivity contribution in [3.63, 3.8) is 0 Å². The largest absolute Gasteiger partial charge is 0.388 e. The van der Waals surface area contributed by atoms with E-state index in [9.17, 15) is 9.50 Å². The predicted octanol–water partition coefficient (Wildman–Crippen LogP) is 4.20. The number of pyridine rings is 1. The molecule has 0 fully saturated rings. The van der Waals surface area contributed by atoms with Crippen molar-refractivity contribution < 1.29 is 9.50 Å². The molecule has 2 aromatic carbocycles. The van der Waals surface area contributed by atoms with Crippen molar-refractivity contribution in [2.24, 2.45) is 0 Å². The van der Waals surface area contributed by atoms with Crippen LogP contribution >= 0.6 is 11.8 Å². The molecule has 106 valence electrons. The molecule has 0 saturated heterocycles. The predicted molar refractivity (Wildman–Crippen MR) is 83.8 cm³/mol. The average Bonchev–Trinajstić information content (AvgIpc) is 2.53. The van der Waals surface area contributed by atoms with E-state index >= 15 is 0 Å². The van der Waals surface area contributed by atoms with Gasteiger partial charge in [0.15, 0.2) is 0 Å². The van der Waals surface area contributed by atoms with Crippen LogP contribution in [0.4, 0.5) is 4.39 Å². The third-order valence-corrected chi connectivity index (χ3v) is 4.43. The van der Waals surface area contributed by atoms with E-state index in [1.165, 1.54) is 17.8 Å². The third kappa shape index (κ3) is 3.06. The molecule has 0 aliphatic rings. The highest BCUT2D eigenvalue weighted by atomic mass is 32.2. The summed E-state index contributed by atoms with van der Waals surface area (Å²) in [6, 6.07) is 14.3. The molecule has 1 aromatic heterocycles. The summed E-state index contributed by atoms with van der Waals surface area (Å²) in [4.78, 5) is 4.64. The molecule has 1 heterocycles. The number of rotatable bonds is 4. The van der Waals surface area contributed by atoms with Crippen molar-refractivity contribution >= 4 is 22.5 Å². The Kier molecular flexibility index (Phi) is 4.18. The van der Waals surface area contributed by atoms with Gasteiger partial charge < -0.3 is 5.11 Å². The summed E-state index contributed by atoms with van der Waals surface area (Å²) < 4.78 is 13.6. The monoisotopic (exact) mass is 299 g/mol. The zero-order chi connectivity index (χ0) is 14.7. The maximum Gasteiger partial charge on any atom is 0.136 e.